The standard InChI is InChI=1S/C22H33N5O2S/c1-16(2)5-8-18(4)23-20(28)15-30-22-25-24-21(26-11-13-29-14-12-26)27(22)19-9-6-17(3)7-10-19/h6-7,9-10,16,18H,5,8,11-15H2,1-4H3,(H,23,28). The minimum atomic E-state index is 0.0302. The Morgan fingerprint density at radius 3 is 2.50 bits per heavy atom. The first-order valence-corrected chi connectivity index (χ1v) is 11.7. The minimum absolute atomic E-state index is 0.0302. The van der Waals surface area contributed by atoms with Crippen molar-refractivity contribution in [2.24, 2.45) is 5.92 Å². The predicted molar refractivity (Wildman–Crippen MR) is 122 cm³/mol. The summed E-state index contributed by atoms with van der Waals surface area (Å²) >= 11 is 1.42. The number of thioether (sulfide) groups is 1. The average molecular weight is 432 g/mol. The molecule has 8 heteroatoms. The molecule has 1 unspecified atom stereocenters. The van der Waals surface area contributed by atoms with Gasteiger partial charge in [-0.15, -0.1) is 10.2 Å². The van der Waals surface area contributed by atoms with E-state index in [4.69, 9.17) is 4.74 Å². The van der Waals surface area contributed by atoms with E-state index in [1.54, 1.807) is 0 Å². The number of nitrogens with one attached hydrogen (secondary N) is 1. The number of morpholine rings is 1. The third kappa shape index (κ3) is 6.22. The lowest BCUT2D eigenvalue weighted by atomic mass is 10.0. The molecule has 1 aromatic carbocycles. The van der Waals surface area contributed by atoms with E-state index < -0.39 is 0 Å². The molecule has 1 aromatic heterocycles. The van der Waals surface area contributed by atoms with Crippen molar-refractivity contribution < 1.29 is 9.53 Å². The number of amides is 1. The summed E-state index contributed by atoms with van der Waals surface area (Å²) in [6.45, 7) is 11.5. The first kappa shape index (κ1) is 22.6. The second-order valence-corrected chi connectivity index (χ2v) is 9.22. The predicted octanol–water partition coefficient (Wildman–Crippen LogP) is 3.45. The summed E-state index contributed by atoms with van der Waals surface area (Å²) in [5, 5.41) is 12.7. The van der Waals surface area contributed by atoms with Crippen molar-refractivity contribution in [3.63, 3.8) is 0 Å². The van der Waals surface area contributed by atoms with E-state index in [-0.39, 0.29) is 11.9 Å². The Hall–Kier alpha value is -2.06. The molecule has 7 nitrogen and oxygen atoms in total. The van der Waals surface area contributed by atoms with Crippen LogP contribution in [0.1, 0.15) is 39.2 Å². The van der Waals surface area contributed by atoms with Crippen LogP contribution in [0.15, 0.2) is 29.4 Å². The summed E-state index contributed by atoms with van der Waals surface area (Å²) in [5.74, 6) is 1.79. The Morgan fingerprint density at radius 1 is 1.13 bits per heavy atom. The Kier molecular flexibility index (Phi) is 8.16. The van der Waals surface area contributed by atoms with Crippen LogP contribution in [0.2, 0.25) is 0 Å². The second-order valence-electron chi connectivity index (χ2n) is 8.28. The number of ether oxygens (including phenoxy) is 1. The van der Waals surface area contributed by atoms with Crippen molar-refractivity contribution in [2.75, 3.05) is 37.0 Å². The molecular formula is C22H33N5O2S. The number of anilines is 1. The molecule has 0 spiro atoms. The number of hydrogen-bond donors (Lipinski definition) is 1. The van der Waals surface area contributed by atoms with Gasteiger partial charge in [-0.1, -0.05) is 43.3 Å². The van der Waals surface area contributed by atoms with Crippen LogP contribution in [0.4, 0.5) is 5.95 Å². The fraction of sp³-hybridized carbons (Fsp3) is 0.591. The van der Waals surface area contributed by atoms with Gasteiger partial charge in [-0.2, -0.15) is 0 Å². The zero-order chi connectivity index (χ0) is 21.5. The van der Waals surface area contributed by atoms with Crippen LogP contribution in [-0.2, 0) is 9.53 Å². The Balaban J connectivity index is 1.71. The maximum atomic E-state index is 12.5. The molecule has 1 aliphatic heterocycles. The lowest BCUT2D eigenvalue weighted by Crippen LogP contribution is -2.38. The summed E-state index contributed by atoms with van der Waals surface area (Å²) in [7, 11) is 0. The highest BCUT2D eigenvalue weighted by molar-refractivity contribution is 7.99. The van der Waals surface area contributed by atoms with Gasteiger partial charge in [0.1, 0.15) is 0 Å². The first-order chi connectivity index (χ1) is 14.4. The fourth-order valence-corrected chi connectivity index (χ4v) is 4.10. The maximum absolute atomic E-state index is 12.5. The molecule has 1 N–H and O–H groups in total. The van der Waals surface area contributed by atoms with Gasteiger partial charge in [0.2, 0.25) is 11.9 Å². The molecule has 30 heavy (non-hydrogen) atoms. The molecule has 2 aromatic rings. The zero-order valence-corrected chi connectivity index (χ0v) is 19.2. The number of aromatic nitrogens is 3. The normalized spacial score (nSPS) is 15.4. The van der Waals surface area contributed by atoms with E-state index in [2.05, 4.69) is 72.4 Å². The molecule has 1 fully saturated rings. The molecular weight excluding hydrogens is 398 g/mol. The van der Waals surface area contributed by atoms with Gasteiger partial charge in [0, 0.05) is 19.1 Å². The highest BCUT2D eigenvalue weighted by Crippen LogP contribution is 2.27. The summed E-state index contributed by atoms with van der Waals surface area (Å²) in [4.78, 5) is 14.6. The molecule has 2 heterocycles. The number of aryl methyl sites for hydroxylation is 1. The smallest absolute Gasteiger partial charge is 0.232 e. The van der Waals surface area contributed by atoms with Gasteiger partial charge >= 0.3 is 0 Å². The lowest BCUT2D eigenvalue weighted by molar-refractivity contribution is -0.119. The Labute approximate surface area is 183 Å². The molecule has 0 saturated carbocycles. The summed E-state index contributed by atoms with van der Waals surface area (Å²) in [5.41, 5.74) is 2.20. The van der Waals surface area contributed by atoms with E-state index in [0.29, 0.717) is 24.9 Å². The Morgan fingerprint density at radius 2 is 1.83 bits per heavy atom. The highest BCUT2D eigenvalue weighted by atomic mass is 32.2. The summed E-state index contributed by atoms with van der Waals surface area (Å²) in [6, 6.07) is 8.48. The van der Waals surface area contributed by atoms with E-state index >= 15 is 0 Å². The molecule has 0 bridgehead atoms. The first-order valence-electron chi connectivity index (χ1n) is 10.7. The van der Waals surface area contributed by atoms with E-state index in [1.165, 1.54) is 17.3 Å². The average Bonchev–Trinajstić information content (AvgIpc) is 3.16. The fourth-order valence-electron chi connectivity index (χ4n) is 3.35. The van der Waals surface area contributed by atoms with Crippen LogP contribution >= 0.6 is 11.8 Å². The molecule has 1 atom stereocenters. The monoisotopic (exact) mass is 431 g/mol. The molecule has 164 valence electrons. The number of nitrogens with zero attached hydrogens (tertiary/aromatic N) is 4. The van der Waals surface area contributed by atoms with E-state index in [0.717, 1.165) is 42.7 Å². The van der Waals surface area contributed by atoms with Crippen molar-refractivity contribution in [3.05, 3.63) is 29.8 Å². The molecule has 0 radical (unpaired) electrons. The highest BCUT2D eigenvalue weighted by Gasteiger charge is 2.22. The number of carbonyl (C=O) groups excluding carboxylic acids is 1. The van der Waals surface area contributed by atoms with E-state index in [9.17, 15) is 4.79 Å². The lowest BCUT2D eigenvalue weighted by Gasteiger charge is -2.28. The number of carbonyl (C=O) groups is 1. The minimum Gasteiger partial charge on any atom is -0.378 e. The third-order valence-electron chi connectivity index (χ3n) is 5.12. The SMILES string of the molecule is Cc1ccc(-n2c(SCC(=O)NC(C)CCC(C)C)nnc2N2CCOCC2)cc1. The van der Waals surface area contributed by atoms with Crippen LogP contribution in [0.3, 0.4) is 0 Å². The summed E-state index contributed by atoms with van der Waals surface area (Å²) < 4.78 is 7.53. The molecule has 3 rings (SSSR count). The number of benzene rings is 1. The van der Waals surface area contributed by atoms with Crippen LogP contribution in [0.25, 0.3) is 5.69 Å². The van der Waals surface area contributed by atoms with E-state index in [1.807, 2.05) is 4.57 Å². The van der Waals surface area contributed by atoms with Gasteiger partial charge in [0.15, 0.2) is 5.16 Å². The van der Waals surface area contributed by atoms with Crippen LogP contribution in [-0.4, -0.2) is 58.8 Å². The van der Waals surface area contributed by atoms with Crippen LogP contribution < -0.4 is 10.2 Å². The number of hydrogen-bond acceptors (Lipinski definition) is 6. The molecule has 0 aliphatic carbocycles. The van der Waals surface area contributed by atoms with Gasteiger partial charge in [0.05, 0.1) is 24.7 Å². The maximum Gasteiger partial charge on any atom is 0.232 e. The van der Waals surface area contributed by atoms with Gasteiger partial charge in [-0.25, -0.2) is 0 Å². The molecule has 1 saturated heterocycles. The zero-order valence-electron chi connectivity index (χ0n) is 18.4. The second kappa shape index (κ2) is 10.8. The summed E-state index contributed by atoms with van der Waals surface area (Å²) in [6.07, 6.45) is 2.11. The van der Waals surface area contributed by atoms with Crippen LogP contribution in [0, 0.1) is 12.8 Å². The van der Waals surface area contributed by atoms with Gasteiger partial charge < -0.3 is 15.0 Å². The van der Waals surface area contributed by atoms with Gasteiger partial charge in [0.25, 0.3) is 0 Å². The van der Waals surface area contributed by atoms with Crippen molar-refractivity contribution >= 4 is 23.6 Å². The quantitative estimate of drug-likeness (QED) is 0.613. The molecule has 1 aliphatic rings. The van der Waals surface area contributed by atoms with Crippen LogP contribution in [0.5, 0.6) is 0 Å². The number of rotatable bonds is 9. The van der Waals surface area contributed by atoms with Gasteiger partial charge in [-0.05, 0) is 44.7 Å². The van der Waals surface area contributed by atoms with Crippen molar-refractivity contribution in [2.45, 2.75) is 51.7 Å². The van der Waals surface area contributed by atoms with Gasteiger partial charge in [-0.3, -0.25) is 9.36 Å². The Bertz CT molecular complexity index is 815. The molecule has 1 amide bonds. The van der Waals surface area contributed by atoms with Crippen molar-refractivity contribution in [1.82, 2.24) is 20.1 Å². The topological polar surface area (TPSA) is 72.3 Å². The largest absolute Gasteiger partial charge is 0.378 e. The third-order valence-corrected chi connectivity index (χ3v) is 6.05. The van der Waals surface area contributed by atoms with Crippen molar-refractivity contribution in [3.8, 4) is 5.69 Å². The van der Waals surface area contributed by atoms with Crippen molar-refractivity contribution in [1.29, 1.82) is 0 Å².